The first kappa shape index (κ1) is 14.0. The van der Waals surface area contributed by atoms with Crippen molar-refractivity contribution >= 4 is 23.1 Å². The molecule has 0 aromatic carbocycles. The number of nitrogens with one attached hydrogen (secondary N) is 1. The smallest absolute Gasteiger partial charge is 0.312 e. The van der Waals surface area contributed by atoms with E-state index in [2.05, 4.69) is 15.3 Å². The molecule has 1 N–H and O–H groups in total. The Kier molecular flexibility index (Phi) is 4.31. The zero-order valence-electron chi connectivity index (χ0n) is 10.5. The second-order valence-electron chi connectivity index (χ2n) is 3.84. The average molecular weight is 295 g/mol. The lowest BCUT2D eigenvalue weighted by Gasteiger charge is -2.07. The van der Waals surface area contributed by atoms with Crippen molar-refractivity contribution in [2.24, 2.45) is 0 Å². The standard InChI is InChI=1S/C12H11ClN4O3/c1-20-11-4-8(2-3-14-11)6-15-12-10(17(18)19)5-9(13)7-16-12/h2-5,7H,6H2,1H3,(H,15,16). The van der Waals surface area contributed by atoms with Crippen molar-refractivity contribution in [3.63, 3.8) is 0 Å². The highest BCUT2D eigenvalue weighted by molar-refractivity contribution is 6.30. The van der Waals surface area contributed by atoms with Gasteiger partial charge < -0.3 is 10.1 Å². The Morgan fingerprint density at radius 2 is 2.25 bits per heavy atom. The van der Waals surface area contributed by atoms with Gasteiger partial charge in [0.1, 0.15) is 0 Å². The molecule has 7 nitrogen and oxygen atoms in total. The monoisotopic (exact) mass is 294 g/mol. The van der Waals surface area contributed by atoms with E-state index >= 15 is 0 Å². The van der Waals surface area contributed by atoms with Crippen LogP contribution in [0.3, 0.4) is 0 Å². The second-order valence-corrected chi connectivity index (χ2v) is 4.27. The Hall–Kier alpha value is -2.41. The maximum absolute atomic E-state index is 10.9. The minimum atomic E-state index is -0.533. The van der Waals surface area contributed by atoms with Crippen LogP contribution in [0.4, 0.5) is 11.5 Å². The first-order chi connectivity index (χ1) is 9.60. The minimum Gasteiger partial charge on any atom is -0.481 e. The first-order valence-corrected chi connectivity index (χ1v) is 6.00. The number of ether oxygens (including phenoxy) is 1. The highest BCUT2D eigenvalue weighted by atomic mass is 35.5. The van der Waals surface area contributed by atoms with E-state index in [0.717, 1.165) is 5.56 Å². The van der Waals surface area contributed by atoms with E-state index in [1.54, 1.807) is 18.3 Å². The molecule has 2 heterocycles. The van der Waals surface area contributed by atoms with Crippen molar-refractivity contribution in [2.45, 2.75) is 6.54 Å². The van der Waals surface area contributed by atoms with E-state index < -0.39 is 4.92 Å². The summed E-state index contributed by atoms with van der Waals surface area (Å²) in [6, 6.07) is 4.76. The van der Waals surface area contributed by atoms with Gasteiger partial charge in [-0.3, -0.25) is 10.1 Å². The molecule has 0 aliphatic rings. The molecular weight excluding hydrogens is 284 g/mol. The molecule has 104 valence electrons. The molecule has 8 heteroatoms. The first-order valence-electron chi connectivity index (χ1n) is 5.63. The molecule has 2 aromatic heterocycles. The summed E-state index contributed by atoms with van der Waals surface area (Å²) in [6.07, 6.45) is 2.95. The molecule has 0 amide bonds. The van der Waals surface area contributed by atoms with Crippen LogP contribution >= 0.6 is 11.6 Å². The molecule has 2 rings (SSSR count). The number of halogens is 1. The Bertz CT molecular complexity index is 636. The summed E-state index contributed by atoms with van der Waals surface area (Å²) >= 11 is 5.70. The minimum absolute atomic E-state index is 0.162. The zero-order valence-corrected chi connectivity index (χ0v) is 11.3. The number of hydrogen-bond acceptors (Lipinski definition) is 6. The van der Waals surface area contributed by atoms with E-state index in [1.165, 1.54) is 19.4 Å². The van der Waals surface area contributed by atoms with Crippen molar-refractivity contribution < 1.29 is 9.66 Å². The van der Waals surface area contributed by atoms with Crippen LogP contribution in [-0.4, -0.2) is 22.0 Å². The van der Waals surface area contributed by atoms with Crippen molar-refractivity contribution in [3.05, 3.63) is 51.3 Å². The molecule has 0 saturated carbocycles. The summed E-state index contributed by atoms with van der Waals surface area (Å²) in [7, 11) is 1.52. The number of anilines is 1. The van der Waals surface area contributed by atoms with E-state index in [1.807, 2.05) is 0 Å². The second kappa shape index (κ2) is 6.16. The highest BCUT2D eigenvalue weighted by Gasteiger charge is 2.15. The third-order valence-electron chi connectivity index (χ3n) is 2.50. The lowest BCUT2D eigenvalue weighted by Crippen LogP contribution is -2.05. The number of hydrogen-bond donors (Lipinski definition) is 1. The Labute approximate surface area is 119 Å². The Morgan fingerprint density at radius 1 is 1.45 bits per heavy atom. The van der Waals surface area contributed by atoms with Crippen LogP contribution in [0.1, 0.15) is 5.56 Å². The summed E-state index contributed by atoms with van der Waals surface area (Å²) in [5, 5.41) is 14.0. The molecule has 20 heavy (non-hydrogen) atoms. The number of pyridine rings is 2. The third kappa shape index (κ3) is 3.33. The third-order valence-corrected chi connectivity index (χ3v) is 2.71. The normalized spacial score (nSPS) is 10.1. The lowest BCUT2D eigenvalue weighted by atomic mass is 10.2. The van der Waals surface area contributed by atoms with Gasteiger partial charge in [0.15, 0.2) is 0 Å². The molecule has 0 aliphatic carbocycles. The zero-order chi connectivity index (χ0) is 14.5. The molecule has 0 radical (unpaired) electrons. The fourth-order valence-corrected chi connectivity index (χ4v) is 1.71. The van der Waals surface area contributed by atoms with Crippen LogP contribution in [0.5, 0.6) is 5.88 Å². The molecule has 0 aliphatic heterocycles. The number of nitrogens with zero attached hydrogens (tertiary/aromatic N) is 3. The molecule has 0 spiro atoms. The van der Waals surface area contributed by atoms with Gasteiger partial charge in [0, 0.05) is 31.1 Å². The van der Waals surface area contributed by atoms with Gasteiger partial charge in [-0.1, -0.05) is 11.6 Å². The van der Waals surface area contributed by atoms with Crippen molar-refractivity contribution in [1.82, 2.24) is 9.97 Å². The van der Waals surface area contributed by atoms with Crippen LogP contribution in [0.2, 0.25) is 5.02 Å². The Balaban J connectivity index is 2.16. The SMILES string of the molecule is COc1cc(CNc2ncc(Cl)cc2[N+](=O)[O-])ccn1. The maximum Gasteiger partial charge on any atom is 0.312 e. The summed E-state index contributed by atoms with van der Waals surface area (Å²) in [4.78, 5) is 18.3. The number of rotatable bonds is 5. The van der Waals surface area contributed by atoms with Gasteiger partial charge >= 0.3 is 5.69 Å². The van der Waals surface area contributed by atoms with Gasteiger partial charge in [0.25, 0.3) is 0 Å². The maximum atomic E-state index is 10.9. The highest BCUT2D eigenvalue weighted by Crippen LogP contribution is 2.25. The summed E-state index contributed by atoms with van der Waals surface area (Å²) in [5.41, 5.74) is 0.696. The summed E-state index contributed by atoms with van der Waals surface area (Å²) in [6.45, 7) is 0.356. The quantitative estimate of drug-likeness (QED) is 0.673. The number of aromatic nitrogens is 2. The van der Waals surface area contributed by atoms with Crippen LogP contribution in [0.25, 0.3) is 0 Å². The molecule has 0 fully saturated rings. The van der Waals surface area contributed by atoms with E-state index in [0.29, 0.717) is 12.4 Å². The Morgan fingerprint density at radius 3 is 2.95 bits per heavy atom. The van der Waals surface area contributed by atoms with Gasteiger partial charge in [-0.15, -0.1) is 0 Å². The van der Waals surface area contributed by atoms with Gasteiger partial charge in [0.05, 0.1) is 17.1 Å². The lowest BCUT2D eigenvalue weighted by molar-refractivity contribution is -0.384. The van der Waals surface area contributed by atoms with Crippen molar-refractivity contribution in [2.75, 3.05) is 12.4 Å². The van der Waals surface area contributed by atoms with E-state index in [-0.39, 0.29) is 16.5 Å². The summed E-state index contributed by atoms with van der Waals surface area (Å²) in [5.74, 6) is 0.637. The fraction of sp³-hybridized carbons (Fsp3) is 0.167. The topological polar surface area (TPSA) is 90.2 Å². The van der Waals surface area contributed by atoms with Crippen LogP contribution in [0, 0.1) is 10.1 Å². The van der Waals surface area contributed by atoms with E-state index in [4.69, 9.17) is 16.3 Å². The van der Waals surface area contributed by atoms with Crippen LogP contribution < -0.4 is 10.1 Å². The van der Waals surface area contributed by atoms with Gasteiger partial charge in [-0.05, 0) is 11.6 Å². The van der Waals surface area contributed by atoms with Crippen LogP contribution in [-0.2, 0) is 6.54 Å². The van der Waals surface area contributed by atoms with Crippen molar-refractivity contribution in [3.8, 4) is 5.88 Å². The van der Waals surface area contributed by atoms with Crippen molar-refractivity contribution in [1.29, 1.82) is 0 Å². The molecule has 0 atom stereocenters. The average Bonchev–Trinajstić information content (AvgIpc) is 2.46. The molecule has 0 bridgehead atoms. The summed E-state index contributed by atoms with van der Waals surface area (Å²) < 4.78 is 5.00. The predicted octanol–water partition coefficient (Wildman–Crippen LogP) is 2.66. The van der Waals surface area contributed by atoms with Gasteiger partial charge in [-0.2, -0.15) is 0 Å². The van der Waals surface area contributed by atoms with Gasteiger partial charge in [-0.25, -0.2) is 9.97 Å². The number of nitro groups is 1. The van der Waals surface area contributed by atoms with Crippen LogP contribution in [0.15, 0.2) is 30.6 Å². The van der Waals surface area contributed by atoms with E-state index in [9.17, 15) is 10.1 Å². The largest absolute Gasteiger partial charge is 0.481 e. The molecule has 0 unspecified atom stereocenters. The number of methoxy groups -OCH3 is 1. The molecule has 0 saturated heterocycles. The fourth-order valence-electron chi connectivity index (χ4n) is 1.56. The predicted molar refractivity (Wildman–Crippen MR) is 74.0 cm³/mol. The molecular formula is C12H11ClN4O3. The van der Waals surface area contributed by atoms with Gasteiger partial charge in [0.2, 0.25) is 11.7 Å². The molecule has 2 aromatic rings.